The molecule has 2 aromatic rings. The van der Waals surface area contributed by atoms with Crippen molar-refractivity contribution in [2.45, 2.75) is 13.2 Å². The highest BCUT2D eigenvalue weighted by Crippen LogP contribution is 2.26. The van der Waals surface area contributed by atoms with Crippen molar-refractivity contribution in [2.24, 2.45) is 0 Å². The SMILES string of the molecule is Fc1ccc(CN2CCN(C(=S)Nc3ccccc3OC(F)F)CC2)cc1. The summed E-state index contributed by atoms with van der Waals surface area (Å²) in [5.74, 6) is -0.180. The van der Waals surface area contributed by atoms with E-state index < -0.39 is 6.61 Å². The Morgan fingerprint density at radius 1 is 1.04 bits per heavy atom. The first kappa shape index (κ1) is 19.4. The summed E-state index contributed by atoms with van der Waals surface area (Å²) in [6, 6.07) is 13.0. The molecule has 4 nitrogen and oxygen atoms in total. The Morgan fingerprint density at radius 2 is 1.70 bits per heavy atom. The molecule has 27 heavy (non-hydrogen) atoms. The maximum absolute atomic E-state index is 13.0. The van der Waals surface area contributed by atoms with Crippen molar-refractivity contribution in [3.63, 3.8) is 0 Å². The van der Waals surface area contributed by atoms with Crippen LogP contribution in [-0.2, 0) is 6.54 Å². The third-order valence-corrected chi connectivity index (χ3v) is 4.68. The van der Waals surface area contributed by atoms with Crippen molar-refractivity contribution in [3.8, 4) is 5.75 Å². The Kier molecular flexibility index (Phi) is 6.52. The number of para-hydroxylation sites is 2. The van der Waals surface area contributed by atoms with Crippen LogP contribution in [0.3, 0.4) is 0 Å². The first-order valence-corrected chi connectivity index (χ1v) is 8.98. The molecule has 0 radical (unpaired) electrons. The number of hydrogen-bond donors (Lipinski definition) is 1. The lowest BCUT2D eigenvalue weighted by atomic mass is 10.2. The Hall–Kier alpha value is -2.32. The number of thiocarbonyl (C=S) groups is 1. The molecule has 0 bridgehead atoms. The van der Waals surface area contributed by atoms with Crippen LogP contribution in [0.4, 0.5) is 18.9 Å². The van der Waals surface area contributed by atoms with Gasteiger partial charge in [-0.05, 0) is 42.0 Å². The monoisotopic (exact) mass is 395 g/mol. The van der Waals surface area contributed by atoms with Crippen LogP contribution in [0.1, 0.15) is 5.56 Å². The third-order valence-electron chi connectivity index (χ3n) is 4.32. The van der Waals surface area contributed by atoms with E-state index in [-0.39, 0.29) is 11.6 Å². The largest absolute Gasteiger partial charge is 0.433 e. The van der Waals surface area contributed by atoms with Gasteiger partial charge in [0.2, 0.25) is 0 Å². The van der Waals surface area contributed by atoms with E-state index in [9.17, 15) is 13.2 Å². The summed E-state index contributed by atoms with van der Waals surface area (Å²) >= 11 is 5.42. The molecule has 144 valence electrons. The van der Waals surface area contributed by atoms with E-state index in [0.29, 0.717) is 23.9 Å². The van der Waals surface area contributed by atoms with Gasteiger partial charge in [0.1, 0.15) is 11.6 Å². The lowest BCUT2D eigenvalue weighted by Gasteiger charge is -2.36. The number of alkyl halides is 2. The second-order valence-electron chi connectivity index (χ2n) is 6.19. The fourth-order valence-corrected chi connectivity index (χ4v) is 3.21. The number of anilines is 1. The molecule has 0 aliphatic carbocycles. The summed E-state index contributed by atoms with van der Waals surface area (Å²) in [5, 5.41) is 3.47. The van der Waals surface area contributed by atoms with Crippen molar-refractivity contribution in [3.05, 3.63) is 59.9 Å². The van der Waals surface area contributed by atoms with Gasteiger partial charge >= 0.3 is 6.61 Å². The summed E-state index contributed by atoms with van der Waals surface area (Å²) in [4.78, 5) is 4.26. The van der Waals surface area contributed by atoms with Crippen LogP contribution < -0.4 is 10.1 Å². The highest BCUT2D eigenvalue weighted by atomic mass is 32.1. The van der Waals surface area contributed by atoms with Gasteiger partial charge < -0.3 is 15.0 Å². The summed E-state index contributed by atoms with van der Waals surface area (Å²) < 4.78 is 42.5. The molecule has 1 heterocycles. The first-order chi connectivity index (χ1) is 13.0. The van der Waals surface area contributed by atoms with Crippen molar-refractivity contribution in [2.75, 3.05) is 31.5 Å². The average molecular weight is 395 g/mol. The number of rotatable bonds is 5. The number of hydrogen-bond acceptors (Lipinski definition) is 3. The molecule has 1 aliphatic heterocycles. The summed E-state index contributed by atoms with van der Waals surface area (Å²) in [6.45, 7) is 0.884. The predicted molar refractivity (Wildman–Crippen MR) is 103 cm³/mol. The molecule has 1 fully saturated rings. The Bertz CT molecular complexity index is 765. The molecule has 0 amide bonds. The lowest BCUT2D eigenvalue weighted by molar-refractivity contribution is -0.0493. The summed E-state index contributed by atoms with van der Waals surface area (Å²) in [6.07, 6.45) is 0. The van der Waals surface area contributed by atoms with Crippen LogP contribution in [0.25, 0.3) is 0 Å². The molecule has 1 N–H and O–H groups in total. The second-order valence-corrected chi connectivity index (χ2v) is 6.58. The molecule has 1 saturated heterocycles. The zero-order chi connectivity index (χ0) is 19.2. The Labute approximate surface area is 161 Å². The average Bonchev–Trinajstić information content (AvgIpc) is 2.65. The van der Waals surface area contributed by atoms with Gasteiger partial charge in [-0.2, -0.15) is 8.78 Å². The minimum atomic E-state index is -2.89. The normalized spacial score (nSPS) is 15.0. The number of nitrogens with zero attached hydrogens (tertiary/aromatic N) is 2. The van der Waals surface area contributed by atoms with Gasteiger partial charge in [0.05, 0.1) is 5.69 Å². The van der Waals surface area contributed by atoms with E-state index in [1.165, 1.54) is 18.2 Å². The first-order valence-electron chi connectivity index (χ1n) is 8.58. The summed E-state index contributed by atoms with van der Waals surface area (Å²) in [5.41, 5.74) is 1.47. The predicted octanol–water partition coefficient (Wildman–Crippen LogP) is 3.94. The van der Waals surface area contributed by atoms with Crippen LogP contribution in [0.5, 0.6) is 5.75 Å². The summed E-state index contributed by atoms with van der Waals surface area (Å²) in [7, 11) is 0. The van der Waals surface area contributed by atoms with Gasteiger partial charge in [-0.15, -0.1) is 0 Å². The molecule has 0 atom stereocenters. The number of halogens is 3. The van der Waals surface area contributed by atoms with E-state index in [0.717, 1.165) is 25.2 Å². The molecule has 3 rings (SSSR count). The number of ether oxygens (including phenoxy) is 1. The van der Waals surface area contributed by atoms with Gasteiger partial charge in [-0.3, -0.25) is 4.90 Å². The number of benzene rings is 2. The smallest absolute Gasteiger partial charge is 0.387 e. The van der Waals surface area contributed by atoms with E-state index in [4.69, 9.17) is 12.2 Å². The fraction of sp³-hybridized carbons (Fsp3) is 0.316. The van der Waals surface area contributed by atoms with E-state index in [1.54, 1.807) is 30.3 Å². The van der Waals surface area contributed by atoms with Gasteiger partial charge in [0, 0.05) is 32.7 Å². The minimum Gasteiger partial charge on any atom is -0.433 e. The molecule has 2 aromatic carbocycles. The third kappa shape index (κ3) is 5.58. The standard InChI is InChI=1S/C19H20F3N3OS/c20-15-7-5-14(6-8-15)13-24-9-11-25(12-10-24)19(27)23-16-3-1-2-4-17(16)26-18(21)22/h1-8,18H,9-13H2,(H,23,27). The molecule has 0 unspecified atom stereocenters. The van der Waals surface area contributed by atoms with Gasteiger partial charge in [-0.25, -0.2) is 4.39 Å². The minimum absolute atomic E-state index is 0.0600. The van der Waals surface area contributed by atoms with E-state index in [1.807, 2.05) is 4.90 Å². The van der Waals surface area contributed by atoms with Crippen LogP contribution in [0.15, 0.2) is 48.5 Å². The van der Waals surface area contributed by atoms with Crippen LogP contribution >= 0.6 is 12.2 Å². The molecular formula is C19H20F3N3OS. The van der Waals surface area contributed by atoms with Crippen LogP contribution in [0, 0.1) is 5.82 Å². The van der Waals surface area contributed by atoms with Crippen molar-refractivity contribution in [1.82, 2.24) is 9.80 Å². The number of nitrogens with one attached hydrogen (secondary N) is 1. The highest BCUT2D eigenvalue weighted by molar-refractivity contribution is 7.80. The van der Waals surface area contributed by atoms with Crippen molar-refractivity contribution >= 4 is 23.0 Å². The second kappa shape index (κ2) is 9.05. The van der Waals surface area contributed by atoms with E-state index >= 15 is 0 Å². The topological polar surface area (TPSA) is 27.7 Å². The number of piperazine rings is 1. The molecular weight excluding hydrogens is 375 g/mol. The maximum atomic E-state index is 13.0. The molecule has 8 heteroatoms. The quantitative estimate of drug-likeness (QED) is 0.775. The Balaban J connectivity index is 1.52. The van der Waals surface area contributed by atoms with Crippen LogP contribution in [0.2, 0.25) is 0 Å². The van der Waals surface area contributed by atoms with Gasteiger partial charge in [0.15, 0.2) is 5.11 Å². The highest BCUT2D eigenvalue weighted by Gasteiger charge is 2.20. The molecule has 1 aliphatic rings. The molecule has 0 spiro atoms. The lowest BCUT2D eigenvalue weighted by Crippen LogP contribution is -2.49. The fourth-order valence-electron chi connectivity index (χ4n) is 2.92. The Morgan fingerprint density at radius 3 is 2.37 bits per heavy atom. The maximum Gasteiger partial charge on any atom is 0.387 e. The molecule has 0 aromatic heterocycles. The van der Waals surface area contributed by atoms with E-state index in [2.05, 4.69) is 15.0 Å². The zero-order valence-electron chi connectivity index (χ0n) is 14.6. The van der Waals surface area contributed by atoms with Gasteiger partial charge in [0.25, 0.3) is 0 Å². The zero-order valence-corrected chi connectivity index (χ0v) is 15.4. The molecule has 0 saturated carbocycles. The van der Waals surface area contributed by atoms with Crippen molar-refractivity contribution < 1.29 is 17.9 Å². The van der Waals surface area contributed by atoms with Crippen LogP contribution in [-0.4, -0.2) is 47.7 Å². The van der Waals surface area contributed by atoms with Crippen molar-refractivity contribution in [1.29, 1.82) is 0 Å². The van der Waals surface area contributed by atoms with Gasteiger partial charge in [-0.1, -0.05) is 24.3 Å².